The minimum absolute atomic E-state index is 0.196. The zero-order valence-electron chi connectivity index (χ0n) is 15.8. The van der Waals surface area contributed by atoms with Gasteiger partial charge in [0, 0.05) is 31.5 Å². The summed E-state index contributed by atoms with van der Waals surface area (Å²) >= 11 is 0. The van der Waals surface area contributed by atoms with Crippen LogP contribution < -0.4 is 10.2 Å². The maximum absolute atomic E-state index is 13.3. The Kier molecular flexibility index (Phi) is 5.50. The van der Waals surface area contributed by atoms with Crippen LogP contribution in [0.15, 0.2) is 48.8 Å². The standard InChI is InChI=1S/C21H21F2N5O/c22-17-5-3-16(11-18(17)23)14-28-10-7-19(26-28)25-21(29)12-15-4-6-20(24-13-15)27-8-1-2-9-27/h3-7,10-11,13H,1-2,8-9,12,14H2,(H,25,26,29). The van der Waals surface area contributed by atoms with Crippen molar-refractivity contribution in [1.82, 2.24) is 14.8 Å². The lowest BCUT2D eigenvalue weighted by Crippen LogP contribution is -2.19. The summed E-state index contributed by atoms with van der Waals surface area (Å²) in [6.45, 7) is 2.33. The Bertz CT molecular complexity index is 997. The van der Waals surface area contributed by atoms with E-state index in [2.05, 4.69) is 20.3 Å². The first kappa shape index (κ1) is 19.0. The molecule has 0 aliphatic carbocycles. The fraction of sp³-hybridized carbons (Fsp3) is 0.286. The number of rotatable bonds is 6. The largest absolute Gasteiger partial charge is 0.357 e. The molecule has 1 aliphatic rings. The minimum Gasteiger partial charge on any atom is -0.357 e. The van der Waals surface area contributed by atoms with Crippen molar-refractivity contribution < 1.29 is 13.6 Å². The second-order valence-electron chi connectivity index (χ2n) is 7.09. The maximum Gasteiger partial charge on any atom is 0.230 e. The van der Waals surface area contributed by atoms with E-state index >= 15 is 0 Å². The van der Waals surface area contributed by atoms with E-state index in [9.17, 15) is 13.6 Å². The van der Waals surface area contributed by atoms with Gasteiger partial charge in [0.05, 0.1) is 13.0 Å². The maximum atomic E-state index is 13.3. The van der Waals surface area contributed by atoms with Crippen LogP contribution in [-0.2, 0) is 17.8 Å². The average Bonchev–Trinajstić information content (AvgIpc) is 3.38. The van der Waals surface area contributed by atoms with E-state index < -0.39 is 11.6 Å². The van der Waals surface area contributed by atoms with E-state index in [0.717, 1.165) is 36.6 Å². The Hall–Kier alpha value is -3.29. The first-order valence-electron chi connectivity index (χ1n) is 9.54. The first-order valence-corrected chi connectivity index (χ1v) is 9.54. The van der Waals surface area contributed by atoms with Crippen molar-refractivity contribution in [3.63, 3.8) is 0 Å². The second kappa shape index (κ2) is 8.38. The smallest absolute Gasteiger partial charge is 0.230 e. The molecule has 1 aliphatic heterocycles. The van der Waals surface area contributed by atoms with Gasteiger partial charge in [-0.25, -0.2) is 13.8 Å². The number of amides is 1. The first-order chi connectivity index (χ1) is 14.1. The number of carbonyl (C=O) groups excluding carboxylic acids is 1. The third kappa shape index (κ3) is 4.77. The van der Waals surface area contributed by atoms with E-state index in [4.69, 9.17) is 0 Å². The van der Waals surface area contributed by atoms with Gasteiger partial charge in [-0.05, 0) is 42.2 Å². The summed E-state index contributed by atoms with van der Waals surface area (Å²) in [5.41, 5.74) is 1.40. The summed E-state index contributed by atoms with van der Waals surface area (Å²) in [6.07, 6.45) is 5.98. The lowest BCUT2D eigenvalue weighted by molar-refractivity contribution is -0.115. The number of halogens is 2. The Morgan fingerprint density at radius 1 is 1.03 bits per heavy atom. The topological polar surface area (TPSA) is 63.1 Å². The SMILES string of the molecule is O=C(Cc1ccc(N2CCCC2)nc1)Nc1ccn(Cc2ccc(F)c(F)c2)n1. The van der Waals surface area contributed by atoms with Crippen molar-refractivity contribution >= 4 is 17.5 Å². The molecular formula is C21H21F2N5O. The monoisotopic (exact) mass is 397 g/mol. The molecule has 8 heteroatoms. The van der Waals surface area contributed by atoms with Gasteiger partial charge in [0.25, 0.3) is 0 Å². The normalized spacial score (nSPS) is 13.7. The van der Waals surface area contributed by atoms with E-state index in [1.807, 2.05) is 12.1 Å². The van der Waals surface area contributed by atoms with Gasteiger partial charge in [-0.1, -0.05) is 12.1 Å². The summed E-state index contributed by atoms with van der Waals surface area (Å²) in [5, 5.41) is 7.00. The number of hydrogen-bond acceptors (Lipinski definition) is 4. The molecule has 1 amide bonds. The van der Waals surface area contributed by atoms with Crippen molar-refractivity contribution in [3.8, 4) is 0 Å². The molecule has 3 aromatic rings. The average molecular weight is 397 g/mol. The summed E-state index contributed by atoms with van der Waals surface area (Å²) in [5.74, 6) is -0.627. The van der Waals surface area contributed by atoms with Crippen LogP contribution in [0.3, 0.4) is 0 Å². The number of nitrogens with one attached hydrogen (secondary N) is 1. The summed E-state index contributed by atoms with van der Waals surface area (Å²) in [7, 11) is 0. The fourth-order valence-corrected chi connectivity index (χ4v) is 3.37. The van der Waals surface area contributed by atoms with Crippen LogP contribution >= 0.6 is 0 Å². The molecule has 0 bridgehead atoms. The summed E-state index contributed by atoms with van der Waals surface area (Å²) in [4.78, 5) is 19.0. The van der Waals surface area contributed by atoms with Crippen molar-refractivity contribution in [2.45, 2.75) is 25.8 Å². The highest BCUT2D eigenvalue weighted by atomic mass is 19.2. The summed E-state index contributed by atoms with van der Waals surface area (Å²) in [6, 6.07) is 9.24. The van der Waals surface area contributed by atoms with E-state index in [-0.39, 0.29) is 18.9 Å². The van der Waals surface area contributed by atoms with Crippen molar-refractivity contribution in [1.29, 1.82) is 0 Å². The van der Waals surface area contributed by atoms with Gasteiger partial charge in [-0.3, -0.25) is 9.48 Å². The number of nitrogens with zero attached hydrogens (tertiary/aromatic N) is 4. The van der Waals surface area contributed by atoms with Crippen LogP contribution in [0, 0.1) is 11.6 Å². The van der Waals surface area contributed by atoms with Gasteiger partial charge in [0.1, 0.15) is 5.82 Å². The number of hydrogen-bond donors (Lipinski definition) is 1. The van der Waals surface area contributed by atoms with Gasteiger partial charge < -0.3 is 10.2 Å². The quantitative estimate of drug-likeness (QED) is 0.693. The summed E-state index contributed by atoms with van der Waals surface area (Å²) < 4.78 is 27.9. The number of aromatic nitrogens is 3. The molecule has 0 saturated carbocycles. The molecule has 4 rings (SSSR count). The molecule has 0 atom stereocenters. The van der Waals surface area contributed by atoms with Gasteiger partial charge in [0.2, 0.25) is 5.91 Å². The van der Waals surface area contributed by atoms with Gasteiger partial charge >= 0.3 is 0 Å². The van der Waals surface area contributed by atoms with E-state index in [1.54, 1.807) is 23.1 Å². The molecule has 1 saturated heterocycles. The minimum atomic E-state index is -0.896. The number of benzene rings is 1. The Morgan fingerprint density at radius 2 is 1.83 bits per heavy atom. The van der Waals surface area contributed by atoms with Crippen LogP contribution in [-0.4, -0.2) is 33.8 Å². The Labute approximate surface area is 167 Å². The highest BCUT2D eigenvalue weighted by molar-refractivity contribution is 5.91. The lowest BCUT2D eigenvalue weighted by atomic mass is 10.2. The molecule has 3 heterocycles. The van der Waals surface area contributed by atoms with Crippen LogP contribution in [0.5, 0.6) is 0 Å². The molecule has 150 valence electrons. The second-order valence-corrected chi connectivity index (χ2v) is 7.09. The number of pyridine rings is 1. The predicted octanol–water partition coefficient (Wildman–Crippen LogP) is 3.39. The van der Waals surface area contributed by atoms with E-state index in [0.29, 0.717) is 11.4 Å². The molecule has 0 spiro atoms. The Balaban J connectivity index is 1.32. The molecule has 2 aromatic heterocycles. The van der Waals surface area contributed by atoms with Crippen LogP contribution in [0.2, 0.25) is 0 Å². The fourth-order valence-electron chi connectivity index (χ4n) is 3.37. The molecule has 29 heavy (non-hydrogen) atoms. The number of carbonyl (C=O) groups is 1. The van der Waals surface area contributed by atoms with Crippen molar-refractivity contribution in [2.24, 2.45) is 0 Å². The van der Waals surface area contributed by atoms with E-state index in [1.165, 1.54) is 18.9 Å². The third-order valence-electron chi connectivity index (χ3n) is 4.84. The number of anilines is 2. The molecule has 0 radical (unpaired) electrons. The van der Waals surface area contributed by atoms with Crippen molar-refractivity contribution in [3.05, 3.63) is 71.6 Å². The van der Waals surface area contributed by atoms with Gasteiger partial charge in [-0.15, -0.1) is 0 Å². The van der Waals surface area contributed by atoms with Gasteiger partial charge in [0.15, 0.2) is 17.5 Å². The molecule has 6 nitrogen and oxygen atoms in total. The van der Waals surface area contributed by atoms with Crippen LogP contribution in [0.4, 0.5) is 20.4 Å². The van der Waals surface area contributed by atoms with Crippen LogP contribution in [0.25, 0.3) is 0 Å². The third-order valence-corrected chi connectivity index (χ3v) is 4.84. The van der Waals surface area contributed by atoms with Crippen molar-refractivity contribution in [2.75, 3.05) is 23.3 Å². The molecule has 0 unspecified atom stereocenters. The van der Waals surface area contributed by atoms with Crippen LogP contribution in [0.1, 0.15) is 24.0 Å². The lowest BCUT2D eigenvalue weighted by Gasteiger charge is -2.16. The zero-order valence-corrected chi connectivity index (χ0v) is 15.8. The molecule has 1 fully saturated rings. The molecular weight excluding hydrogens is 376 g/mol. The molecule has 1 aromatic carbocycles. The Morgan fingerprint density at radius 3 is 2.55 bits per heavy atom. The predicted molar refractivity (Wildman–Crippen MR) is 106 cm³/mol. The molecule has 1 N–H and O–H groups in total. The highest BCUT2D eigenvalue weighted by Crippen LogP contribution is 2.18. The highest BCUT2D eigenvalue weighted by Gasteiger charge is 2.14. The van der Waals surface area contributed by atoms with Gasteiger partial charge in [-0.2, -0.15) is 5.10 Å². The zero-order chi connectivity index (χ0) is 20.2.